The molecule has 0 aliphatic heterocycles. The summed E-state index contributed by atoms with van der Waals surface area (Å²) in [6.45, 7) is 1.42. The van der Waals surface area contributed by atoms with Gasteiger partial charge in [0.05, 0.1) is 0 Å². The van der Waals surface area contributed by atoms with Gasteiger partial charge in [0.1, 0.15) is 5.82 Å². The van der Waals surface area contributed by atoms with E-state index in [9.17, 15) is 19.1 Å². The summed E-state index contributed by atoms with van der Waals surface area (Å²) in [5.74, 6) is -1.29. The lowest BCUT2D eigenvalue weighted by Gasteiger charge is -2.28. The van der Waals surface area contributed by atoms with Gasteiger partial charge in [0.15, 0.2) is 5.54 Å². The van der Waals surface area contributed by atoms with Gasteiger partial charge in [0.2, 0.25) is 5.91 Å². The Morgan fingerprint density at radius 3 is 2.43 bits per heavy atom. The van der Waals surface area contributed by atoms with Crippen LogP contribution in [0, 0.1) is 11.7 Å². The molecule has 2 rings (SSSR count). The second kappa shape index (κ2) is 6.24. The molecule has 1 aromatic rings. The molecule has 1 aromatic carbocycles. The molecule has 1 aliphatic rings. The van der Waals surface area contributed by atoms with E-state index in [0.29, 0.717) is 17.9 Å². The fraction of sp³-hybridized carbons (Fsp3) is 0.500. The van der Waals surface area contributed by atoms with Crippen molar-refractivity contribution in [3.05, 3.63) is 35.6 Å². The van der Waals surface area contributed by atoms with Gasteiger partial charge >= 0.3 is 5.97 Å². The van der Waals surface area contributed by atoms with Crippen molar-refractivity contribution in [2.24, 2.45) is 5.92 Å². The van der Waals surface area contributed by atoms with Crippen molar-refractivity contribution < 1.29 is 19.1 Å². The quantitative estimate of drug-likeness (QED) is 0.847. The Labute approximate surface area is 123 Å². The largest absolute Gasteiger partial charge is 0.479 e. The number of halogens is 1. The molecule has 0 heterocycles. The number of benzene rings is 1. The van der Waals surface area contributed by atoms with Gasteiger partial charge in [-0.15, -0.1) is 0 Å². The van der Waals surface area contributed by atoms with Crippen LogP contribution in [0.1, 0.15) is 44.6 Å². The fourth-order valence-corrected chi connectivity index (χ4v) is 2.49. The lowest BCUT2D eigenvalue weighted by Crippen LogP contribution is -2.49. The first-order chi connectivity index (χ1) is 9.91. The first-order valence-corrected chi connectivity index (χ1v) is 7.22. The van der Waals surface area contributed by atoms with E-state index < -0.39 is 17.3 Å². The van der Waals surface area contributed by atoms with E-state index in [1.165, 1.54) is 37.6 Å². The van der Waals surface area contributed by atoms with E-state index >= 15 is 0 Å². The van der Waals surface area contributed by atoms with Crippen molar-refractivity contribution in [2.45, 2.75) is 44.6 Å². The van der Waals surface area contributed by atoms with E-state index in [-0.39, 0.29) is 5.91 Å². The Morgan fingerprint density at radius 2 is 1.95 bits per heavy atom. The summed E-state index contributed by atoms with van der Waals surface area (Å²) in [6, 6.07) is 5.15. The van der Waals surface area contributed by atoms with Crippen LogP contribution >= 0.6 is 0 Å². The zero-order valence-corrected chi connectivity index (χ0v) is 12.1. The highest BCUT2D eigenvalue weighted by atomic mass is 19.1. The monoisotopic (exact) mass is 293 g/mol. The summed E-state index contributed by atoms with van der Waals surface area (Å²) in [6.07, 6.45) is 4.65. The SMILES string of the molecule is CC(NC(=O)CCC1CCC1)(C(=O)O)c1ccc(F)cc1. The maximum absolute atomic E-state index is 13.0. The summed E-state index contributed by atoms with van der Waals surface area (Å²) in [5.41, 5.74) is -1.18. The number of hydrogen-bond donors (Lipinski definition) is 2. The molecule has 0 aromatic heterocycles. The Hall–Kier alpha value is -1.91. The van der Waals surface area contributed by atoms with Crippen LogP contribution in [0.2, 0.25) is 0 Å². The topological polar surface area (TPSA) is 66.4 Å². The molecular formula is C16H20FNO3. The van der Waals surface area contributed by atoms with Gasteiger partial charge in [-0.2, -0.15) is 0 Å². The van der Waals surface area contributed by atoms with Crippen LogP contribution in [-0.4, -0.2) is 17.0 Å². The highest BCUT2D eigenvalue weighted by Crippen LogP contribution is 2.30. The van der Waals surface area contributed by atoms with Crippen LogP contribution in [0.4, 0.5) is 4.39 Å². The number of amides is 1. The zero-order valence-electron chi connectivity index (χ0n) is 12.1. The van der Waals surface area contributed by atoms with Gasteiger partial charge in [-0.25, -0.2) is 9.18 Å². The summed E-state index contributed by atoms with van der Waals surface area (Å²) < 4.78 is 13.0. The molecule has 0 saturated heterocycles. The van der Waals surface area contributed by atoms with Crippen LogP contribution in [0.25, 0.3) is 0 Å². The molecule has 1 amide bonds. The molecule has 21 heavy (non-hydrogen) atoms. The third-order valence-electron chi connectivity index (χ3n) is 4.24. The van der Waals surface area contributed by atoms with Gasteiger partial charge in [-0.3, -0.25) is 4.79 Å². The third kappa shape index (κ3) is 3.60. The van der Waals surface area contributed by atoms with Gasteiger partial charge in [0, 0.05) is 6.42 Å². The van der Waals surface area contributed by atoms with Crippen molar-refractivity contribution in [1.82, 2.24) is 5.32 Å². The van der Waals surface area contributed by atoms with Crippen LogP contribution in [0.15, 0.2) is 24.3 Å². The van der Waals surface area contributed by atoms with E-state index in [1.54, 1.807) is 0 Å². The minimum absolute atomic E-state index is 0.281. The smallest absolute Gasteiger partial charge is 0.333 e. The molecule has 1 unspecified atom stereocenters. The summed E-state index contributed by atoms with van der Waals surface area (Å²) in [7, 11) is 0. The molecule has 0 bridgehead atoms. The molecule has 1 fully saturated rings. The maximum Gasteiger partial charge on any atom is 0.333 e. The van der Waals surface area contributed by atoms with E-state index in [4.69, 9.17) is 0 Å². The molecule has 1 atom stereocenters. The van der Waals surface area contributed by atoms with Crippen LogP contribution in [-0.2, 0) is 15.1 Å². The molecule has 2 N–H and O–H groups in total. The molecule has 1 aliphatic carbocycles. The van der Waals surface area contributed by atoms with Crippen LogP contribution < -0.4 is 5.32 Å². The first-order valence-electron chi connectivity index (χ1n) is 7.22. The minimum atomic E-state index is -1.54. The second-order valence-electron chi connectivity index (χ2n) is 5.82. The van der Waals surface area contributed by atoms with E-state index in [1.807, 2.05) is 0 Å². The summed E-state index contributed by atoms with van der Waals surface area (Å²) in [5, 5.41) is 12.0. The van der Waals surface area contributed by atoms with Crippen molar-refractivity contribution in [3.8, 4) is 0 Å². The highest BCUT2D eigenvalue weighted by molar-refractivity contribution is 5.87. The number of carbonyl (C=O) groups is 2. The average molecular weight is 293 g/mol. The fourth-order valence-electron chi connectivity index (χ4n) is 2.49. The standard InChI is InChI=1S/C16H20FNO3/c1-16(15(20)21,12-6-8-13(17)9-7-12)18-14(19)10-5-11-3-2-4-11/h6-9,11H,2-5,10H2,1H3,(H,18,19)(H,20,21). The Kier molecular flexibility index (Phi) is 4.60. The van der Waals surface area contributed by atoms with E-state index in [2.05, 4.69) is 5.32 Å². The molecule has 0 spiro atoms. The third-order valence-corrected chi connectivity index (χ3v) is 4.24. The second-order valence-corrected chi connectivity index (χ2v) is 5.82. The number of nitrogens with one attached hydrogen (secondary N) is 1. The van der Waals surface area contributed by atoms with Crippen molar-refractivity contribution in [3.63, 3.8) is 0 Å². The highest BCUT2D eigenvalue weighted by Gasteiger charge is 2.36. The molecule has 4 nitrogen and oxygen atoms in total. The lowest BCUT2D eigenvalue weighted by molar-refractivity contribution is -0.147. The first kappa shape index (κ1) is 15.5. The Balaban J connectivity index is 2.04. The molecule has 114 valence electrons. The van der Waals surface area contributed by atoms with Gasteiger partial charge in [0.25, 0.3) is 0 Å². The lowest BCUT2D eigenvalue weighted by atomic mass is 9.82. The van der Waals surface area contributed by atoms with Crippen molar-refractivity contribution >= 4 is 11.9 Å². The number of carbonyl (C=O) groups excluding carboxylic acids is 1. The number of aliphatic carboxylic acids is 1. The minimum Gasteiger partial charge on any atom is -0.479 e. The zero-order chi connectivity index (χ0) is 15.5. The van der Waals surface area contributed by atoms with Gasteiger partial charge < -0.3 is 10.4 Å². The predicted octanol–water partition coefficient (Wildman–Crippen LogP) is 2.82. The number of rotatable bonds is 6. The summed E-state index contributed by atoms with van der Waals surface area (Å²) in [4.78, 5) is 23.5. The molecule has 0 radical (unpaired) electrons. The molecule has 1 saturated carbocycles. The molecule has 5 heteroatoms. The maximum atomic E-state index is 13.0. The van der Waals surface area contributed by atoms with E-state index in [0.717, 1.165) is 19.3 Å². The average Bonchev–Trinajstić information content (AvgIpc) is 2.37. The van der Waals surface area contributed by atoms with Gasteiger partial charge in [-0.05, 0) is 37.0 Å². The normalized spacial score (nSPS) is 17.6. The molecular weight excluding hydrogens is 273 g/mol. The number of carboxylic acids is 1. The van der Waals surface area contributed by atoms with Gasteiger partial charge in [-0.1, -0.05) is 31.4 Å². The Morgan fingerprint density at radius 1 is 1.33 bits per heavy atom. The predicted molar refractivity (Wildman–Crippen MR) is 76.1 cm³/mol. The number of hydrogen-bond acceptors (Lipinski definition) is 2. The van der Waals surface area contributed by atoms with Crippen molar-refractivity contribution in [2.75, 3.05) is 0 Å². The van der Waals surface area contributed by atoms with Crippen LogP contribution in [0.5, 0.6) is 0 Å². The summed E-state index contributed by atoms with van der Waals surface area (Å²) >= 11 is 0. The van der Waals surface area contributed by atoms with Crippen molar-refractivity contribution in [1.29, 1.82) is 0 Å². The number of carboxylic acid groups (broad SMARTS) is 1. The van der Waals surface area contributed by atoms with Crippen LogP contribution in [0.3, 0.4) is 0 Å². The Bertz CT molecular complexity index is 525.